The maximum Gasteiger partial charge on any atom is 0.0963 e. The second-order valence-electron chi connectivity index (χ2n) is 9.56. The third-order valence-corrected chi connectivity index (χ3v) is 4.42. The Labute approximate surface area is 145 Å². The third-order valence-electron chi connectivity index (χ3n) is 4.42. The van der Waals surface area contributed by atoms with E-state index < -0.39 is 0 Å². The molecule has 0 aliphatic carbocycles. The third kappa shape index (κ3) is 3.48. The average molecular weight is 322 g/mol. The van der Waals surface area contributed by atoms with E-state index in [1.54, 1.807) is 0 Å². The molecule has 24 heavy (non-hydrogen) atoms. The number of hydrogen-bond acceptors (Lipinski definition) is 1. The quantitative estimate of drug-likeness (QED) is 0.574. The number of nitrogens with zero attached hydrogens (tertiary/aromatic N) is 2. The number of fused-ring (bicyclic) bond motifs is 3. The number of rotatable bonds is 2. The lowest BCUT2D eigenvalue weighted by Crippen LogP contribution is -2.10. The Hall–Kier alpha value is -1.83. The van der Waals surface area contributed by atoms with E-state index in [1.165, 1.54) is 27.7 Å². The van der Waals surface area contributed by atoms with Gasteiger partial charge >= 0.3 is 0 Å². The molecule has 1 aromatic carbocycles. The van der Waals surface area contributed by atoms with Gasteiger partial charge in [-0.05, 0) is 53.5 Å². The van der Waals surface area contributed by atoms with E-state index in [0.29, 0.717) is 5.41 Å². The molecule has 0 radical (unpaired) electrons. The van der Waals surface area contributed by atoms with Gasteiger partial charge in [-0.1, -0.05) is 47.6 Å². The molecule has 0 saturated carbocycles. The molecule has 3 aromatic rings. The van der Waals surface area contributed by atoms with Crippen molar-refractivity contribution in [2.24, 2.45) is 17.9 Å². The fourth-order valence-electron chi connectivity index (χ4n) is 3.52. The van der Waals surface area contributed by atoms with Crippen LogP contribution in [0, 0.1) is 10.8 Å². The van der Waals surface area contributed by atoms with E-state index in [1.807, 2.05) is 0 Å². The predicted molar refractivity (Wildman–Crippen MR) is 105 cm³/mol. The summed E-state index contributed by atoms with van der Waals surface area (Å²) in [5.41, 5.74) is 6.75. The molecule has 0 unspecified atom stereocenters. The molecule has 0 spiro atoms. The number of benzene rings is 1. The van der Waals surface area contributed by atoms with Gasteiger partial charge in [0.25, 0.3) is 0 Å². The van der Waals surface area contributed by atoms with Crippen molar-refractivity contribution in [3.63, 3.8) is 0 Å². The Morgan fingerprint density at radius 2 is 1.46 bits per heavy atom. The first-order chi connectivity index (χ1) is 11.0. The Morgan fingerprint density at radius 1 is 0.833 bits per heavy atom. The van der Waals surface area contributed by atoms with Crippen molar-refractivity contribution in [1.29, 1.82) is 0 Å². The zero-order valence-corrected chi connectivity index (χ0v) is 16.2. The van der Waals surface area contributed by atoms with Crippen molar-refractivity contribution in [1.82, 2.24) is 9.55 Å². The van der Waals surface area contributed by atoms with E-state index in [9.17, 15) is 0 Å². The molecule has 0 N–H and O–H groups in total. The molecule has 0 atom stereocenters. The summed E-state index contributed by atoms with van der Waals surface area (Å²) in [5, 5.41) is 1.28. The van der Waals surface area contributed by atoms with Gasteiger partial charge in [0.05, 0.1) is 16.6 Å². The molecular formula is C22H30N2. The Morgan fingerprint density at radius 3 is 2.08 bits per heavy atom. The lowest BCUT2D eigenvalue weighted by atomic mass is 9.88. The normalized spacial score (nSPS) is 13.1. The zero-order chi connectivity index (χ0) is 17.7. The minimum absolute atomic E-state index is 0.253. The summed E-state index contributed by atoms with van der Waals surface area (Å²) < 4.78 is 2.26. The zero-order valence-electron chi connectivity index (χ0n) is 16.2. The van der Waals surface area contributed by atoms with Crippen molar-refractivity contribution in [3.05, 3.63) is 41.6 Å². The first-order valence-corrected chi connectivity index (χ1v) is 8.90. The van der Waals surface area contributed by atoms with Crippen LogP contribution < -0.4 is 0 Å². The molecule has 2 nitrogen and oxygen atoms in total. The standard InChI is InChI=1S/C22H30N2/c1-21(2,3)13-15-8-10-18-17(12-15)20-19(24(18)7)11-9-16(23-20)14-22(4,5)6/h8-12H,13-14H2,1-7H3. The van der Waals surface area contributed by atoms with Gasteiger partial charge in [-0.25, -0.2) is 0 Å². The summed E-state index contributed by atoms with van der Waals surface area (Å²) in [6, 6.07) is 11.3. The average Bonchev–Trinajstić information content (AvgIpc) is 2.68. The van der Waals surface area contributed by atoms with Crippen LogP contribution in [0.1, 0.15) is 52.8 Å². The van der Waals surface area contributed by atoms with Gasteiger partial charge in [-0.2, -0.15) is 0 Å². The fraction of sp³-hybridized carbons (Fsp3) is 0.500. The number of pyridine rings is 1. The van der Waals surface area contributed by atoms with E-state index in [0.717, 1.165) is 18.4 Å². The molecule has 0 fully saturated rings. The molecule has 128 valence electrons. The smallest absolute Gasteiger partial charge is 0.0963 e. The van der Waals surface area contributed by atoms with Crippen molar-refractivity contribution >= 4 is 21.9 Å². The summed E-state index contributed by atoms with van der Waals surface area (Å²) in [4.78, 5) is 5.03. The Balaban J connectivity index is 2.16. The lowest BCUT2D eigenvalue weighted by Gasteiger charge is -2.18. The number of aryl methyl sites for hydroxylation is 1. The van der Waals surface area contributed by atoms with Crippen LogP contribution in [0.15, 0.2) is 30.3 Å². The molecule has 0 bridgehead atoms. The van der Waals surface area contributed by atoms with Gasteiger partial charge in [0.15, 0.2) is 0 Å². The fourth-order valence-corrected chi connectivity index (χ4v) is 3.52. The summed E-state index contributed by atoms with van der Waals surface area (Å²) in [6.07, 6.45) is 2.09. The monoisotopic (exact) mass is 322 g/mol. The first kappa shape index (κ1) is 17.0. The second kappa shape index (κ2) is 5.61. The maximum atomic E-state index is 5.03. The maximum absolute atomic E-state index is 5.03. The van der Waals surface area contributed by atoms with E-state index in [4.69, 9.17) is 4.98 Å². The van der Waals surface area contributed by atoms with Crippen LogP contribution in [0.3, 0.4) is 0 Å². The van der Waals surface area contributed by atoms with E-state index >= 15 is 0 Å². The second-order valence-corrected chi connectivity index (χ2v) is 9.56. The highest BCUT2D eigenvalue weighted by Gasteiger charge is 2.17. The molecule has 0 amide bonds. The molecule has 0 aliphatic heterocycles. The van der Waals surface area contributed by atoms with Gasteiger partial charge in [-0.3, -0.25) is 4.98 Å². The van der Waals surface area contributed by atoms with Crippen LogP contribution >= 0.6 is 0 Å². The van der Waals surface area contributed by atoms with Crippen molar-refractivity contribution in [2.75, 3.05) is 0 Å². The van der Waals surface area contributed by atoms with Crippen LogP contribution in [0.2, 0.25) is 0 Å². The first-order valence-electron chi connectivity index (χ1n) is 8.90. The van der Waals surface area contributed by atoms with Crippen LogP contribution in [0.25, 0.3) is 21.9 Å². The topological polar surface area (TPSA) is 17.8 Å². The van der Waals surface area contributed by atoms with Crippen LogP contribution in [0.5, 0.6) is 0 Å². The highest BCUT2D eigenvalue weighted by molar-refractivity contribution is 6.05. The Bertz CT molecular complexity index is 813. The summed E-state index contributed by atoms with van der Waals surface area (Å²) >= 11 is 0. The van der Waals surface area contributed by atoms with Crippen LogP contribution in [0.4, 0.5) is 0 Å². The predicted octanol–water partition coefficient (Wildman–Crippen LogP) is 5.90. The molecule has 2 heteroatoms. The molecule has 3 rings (SSSR count). The molecule has 0 aliphatic rings. The SMILES string of the molecule is Cn1c2ccc(CC(C)(C)C)cc2c2nc(CC(C)(C)C)ccc21. The molecule has 2 aromatic heterocycles. The lowest BCUT2D eigenvalue weighted by molar-refractivity contribution is 0.407. The minimum Gasteiger partial charge on any atom is -0.342 e. The van der Waals surface area contributed by atoms with Gasteiger partial charge in [-0.15, -0.1) is 0 Å². The van der Waals surface area contributed by atoms with Crippen molar-refractivity contribution in [2.45, 2.75) is 54.4 Å². The van der Waals surface area contributed by atoms with Gasteiger partial charge in [0.2, 0.25) is 0 Å². The molecule has 2 heterocycles. The van der Waals surface area contributed by atoms with Gasteiger partial charge < -0.3 is 4.57 Å². The van der Waals surface area contributed by atoms with Crippen LogP contribution in [-0.4, -0.2) is 9.55 Å². The van der Waals surface area contributed by atoms with Crippen LogP contribution in [-0.2, 0) is 19.9 Å². The minimum atomic E-state index is 0.253. The molecule has 0 saturated heterocycles. The highest BCUT2D eigenvalue weighted by atomic mass is 15.0. The highest BCUT2D eigenvalue weighted by Crippen LogP contribution is 2.31. The van der Waals surface area contributed by atoms with Gasteiger partial charge in [0.1, 0.15) is 0 Å². The van der Waals surface area contributed by atoms with E-state index in [-0.39, 0.29) is 5.41 Å². The largest absolute Gasteiger partial charge is 0.342 e. The van der Waals surface area contributed by atoms with Gasteiger partial charge in [0, 0.05) is 18.1 Å². The molecular weight excluding hydrogens is 292 g/mol. The summed E-state index contributed by atoms with van der Waals surface area (Å²) in [5.74, 6) is 0. The van der Waals surface area contributed by atoms with Crippen molar-refractivity contribution in [3.8, 4) is 0 Å². The summed E-state index contributed by atoms with van der Waals surface area (Å²) in [7, 11) is 2.14. The number of aromatic nitrogens is 2. The Kier molecular flexibility index (Phi) is 3.98. The van der Waals surface area contributed by atoms with E-state index in [2.05, 4.69) is 83.5 Å². The van der Waals surface area contributed by atoms with Crippen molar-refractivity contribution < 1.29 is 0 Å². The number of hydrogen-bond donors (Lipinski definition) is 0. The summed E-state index contributed by atoms with van der Waals surface area (Å²) in [6.45, 7) is 13.7.